The van der Waals surface area contributed by atoms with Crippen molar-refractivity contribution >= 4 is 5.69 Å². The molecular weight excluding hydrogens is 253 g/mol. The van der Waals surface area contributed by atoms with E-state index < -0.39 is 0 Å². The number of benzene rings is 2. The first-order valence-corrected chi connectivity index (χ1v) is 6.86. The van der Waals surface area contributed by atoms with Crippen LogP contribution in [-0.4, -0.2) is 6.61 Å². The fourth-order valence-electron chi connectivity index (χ4n) is 2.27. The van der Waals surface area contributed by atoms with Crippen molar-refractivity contribution in [2.45, 2.75) is 26.8 Å². The summed E-state index contributed by atoms with van der Waals surface area (Å²) in [6.45, 7) is 6.57. The second-order valence-electron chi connectivity index (χ2n) is 4.80. The molecule has 20 heavy (non-hydrogen) atoms. The minimum absolute atomic E-state index is 0.126. The first-order chi connectivity index (χ1) is 9.61. The van der Waals surface area contributed by atoms with Gasteiger partial charge in [-0.2, -0.15) is 0 Å². The average molecular weight is 273 g/mol. The molecule has 1 N–H and O–H groups in total. The molecule has 2 aromatic rings. The summed E-state index contributed by atoms with van der Waals surface area (Å²) in [4.78, 5) is 0. The number of nitrogens with one attached hydrogen (secondary N) is 1. The quantitative estimate of drug-likeness (QED) is 0.852. The summed E-state index contributed by atoms with van der Waals surface area (Å²) in [5, 5.41) is 3.39. The second-order valence-corrected chi connectivity index (χ2v) is 4.80. The maximum atomic E-state index is 13.3. The predicted octanol–water partition coefficient (Wildman–Crippen LogP) is 4.71. The molecule has 1 unspecified atom stereocenters. The minimum atomic E-state index is -0.289. The van der Waals surface area contributed by atoms with Crippen molar-refractivity contribution in [3.8, 4) is 5.75 Å². The van der Waals surface area contributed by atoms with Crippen molar-refractivity contribution < 1.29 is 9.13 Å². The van der Waals surface area contributed by atoms with E-state index in [1.165, 1.54) is 23.3 Å². The molecular formula is C17H20FNO. The molecule has 0 bridgehead atoms. The lowest BCUT2D eigenvalue weighted by atomic mass is 10.0. The Morgan fingerprint density at radius 1 is 1.20 bits per heavy atom. The number of rotatable bonds is 5. The highest BCUT2D eigenvalue weighted by molar-refractivity contribution is 5.57. The Labute approximate surface area is 119 Å². The lowest BCUT2D eigenvalue weighted by molar-refractivity contribution is 0.339. The van der Waals surface area contributed by atoms with Crippen LogP contribution in [0, 0.1) is 12.7 Å². The zero-order valence-electron chi connectivity index (χ0n) is 12.1. The molecule has 0 amide bonds. The first-order valence-electron chi connectivity index (χ1n) is 6.86. The molecule has 1 atom stereocenters. The number of ether oxygens (including phenoxy) is 1. The summed E-state index contributed by atoms with van der Waals surface area (Å²) in [5.74, 6) is 0.260. The highest BCUT2D eigenvalue weighted by Gasteiger charge is 2.11. The van der Waals surface area contributed by atoms with E-state index in [1.54, 1.807) is 6.07 Å². The molecule has 2 rings (SSSR count). The molecule has 0 saturated carbocycles. The van der Waals surface area contributed by atoms with Crippen LogP contribution in [0.2, 0.25) is 0 Å². The molecule has 0 heterocycles. The van der Waals surface area contributed by atoms with Gasteiger partial charge in [-0.1, -0.05) is 24.3 Å². The fourth-order valence-corrected chi connectivity index (χ4v) is 2.27. The Hall–Kier alpha value is -2.03. The van der Waals surface area contributed by atoms with E-state index >= 15 is 0 Å². The van der Waals surface area contributed by atoms with Crippen molar-refractivity contribution in [1.82, 2.24) is 0 Å². The molecule has 0 radical (unpaired) electrons. The monoisotopic (exact) mass is 273 g/mol. The van der Waals surface area contributed by atoms with Gasteiger partial charge in [0.25, 0.3) is 0 Å². The highest BCUT2D eigenvalue weighted by Crippen LogP contribution is 2.30. The molecule has 0 spiro atoms. The first kappa shape index (κ1) is 14.4. The molecule has 106 valence electrons. The zero-order valence-corrected chi connectivity index (χ0v) is 12.1. The number of hydrogen-bond acceptors (Lipinski definition) is 2. The number of aryl methyl sites for hydroxylation is 1. The molecule has 0 saturated heterocycles. The Balaban J connectivity index is 2.23. The van der Waals surface area contributed by atoms with Crippen LogP contribution in [0.4, 0.5) is 10.1 Å². The lowest BCUT2D eigenvalue weighted by Gasteiger charge is -2.20. The van der Waals surface area contributed by atoms with Crippen LogP contribution >= 0.6 is 0 Å². The van der Waals surface area contributed by atoms with Crippen LogP contribution < -0.4 is 10.1 Å². The van der Waals surface area contributed by atoms with Crippen LogP contribution in [-0.2, 0) is 0 Å². The molecule has 3 heteroatoms. The predicted molar refractivity (Wildman–Crippen MR) is 80.8 cm³/mol. The maximum Gasteiger partial charge on any atom is 0.145 e. The summed E-state index contributed by atoms with van der Waals surface area (Å²) in [5.41, 5.74) is 3.26. The summed E-state index contributed by atoms with van der Waals surface area (Å²) < 4.78 is 18.8. The average Bonchev–Trinajstić information content (AvgIpc) is 2.42. The van der Waals surface area contributed by atoms with Crippen molar-refractivity contribution in [3.63, 3.8) is 0 Å². The molecule has 0 aliphatic rings. The van der Waals surface area contributed by atoms with Crippen LogP contribution in [0.5, 0.6) is 5.75 Å². The van der Waals surface area contributed by atoms with Gasteiger partial charge in [0.2, 0.25) is 0 Å². The molecule has 0 fully saturated rings. The van der Waals surface area contributed by atoms with Crippen molar-refractivity contribution in [1.29, 1.82) is 0 Å². The molecule has 2 nitrogen and oxygen atoms in total. The molecule has 2 aromatic carbocycles. The summed E-state index contributed by atoms with van der Waals surface area (Å²) >= 11 is 0. The van der Waals surface area contributed by atoms with Gasteiger partial charge in [0, 0.05) is 12.1 Å². The smallest absolute Gasteiger partial charge is 0.145 e. The zero-order chi connectivity index (χ0) is 14.5. The number of anilines is 1. The van der Waals surface area contributed by atoms with Crippen LogP contribution in [0.25, 0.3) is 0 Å². The molecule has 0 aliphatic carbocycles. The third-order valence-corrected chi connectivity index (χ3v) is 3.27. The van der Waals surface area contributed by atoms with E-state index in [-0.39, 0.29) is 11.9 Å². The van der Waals surface area contributed by atoms with E-state index in [1.807, 2.05) is 19.1 Å². The van der Waals surface area contributed by atoms with E-state index in [0.717, 1.165) is 5.69 Å². The lowest BCUT2D eigenvalue weighted by Crippen LogP contribution is -2.09. The normalized spacial score (nSPS) is 12.0. The highest BCUT2D eigenvalue weighted by atomic mass is 19.1. The van der Waals surface area contributed by atoms with E-state index in [0.29, 0.717) is 12.4 Å². The van der Waals surface area contributed by atoms with Gasteiger partial charge in [-0.3, -0.25) is 0 Å². The van der Waals surface area contributed by atoms with Crippen LogP contribution in [0.3, 0.4) is 0 Å². The van der Waals surface area contributed by atoms with Gasteiger partial charge in [0.05, 0.1) is 12.3 Å². The topological polar surface area (TPSA) is 21.3 Å². The standard InChI is InChI=1S/C17H20FNO/c1-4-20-17-11-14(18)9-10-16(17)19-13(3)15-8-6-5-7-12(15)2/h5-11,13,19H,4H2,1-3H3. The second kappa shape index (κ2) is 6.42. The van der Waals surface area contributed by atoms with Crippen molar-refractivity contribution in [3.05, 3.63) is 59.4 Å². The Bertz CT molecular complexity index is 583. The van der Waals surface area contributed by atoms with Gasteiger partial charge in [0.1, 0.15) is 11.6 Å². The Kier molecular flexibility index (Phi) is 4.61. The third-order valence-electron chi connectivity index (χ3n) is 3.27. The largest absolute Gasteiger partial charge is 0.492 e. The van der Waals surface area contributed by atoms with E-state index in [9.17, 15) is 4.39 Å². The van der Waals surface area contributed by atoms with Crippen molar-refractivity contribution in [2.24, 2.45) is 0 Å². The Morgan fingerprint density at radius 3 is 2.65 bits per heavy atom. The maximum absolute atomic E-state index is 13.3. The summed E-state index contributed by atoms with van der Waals surface area (Å²) in [6, 6.07) is 12.9. The summed E-state index contributed by atoms with van der Waals surface area (Å²) in [6.07, 6.45) is 0. The van der Waals surface area contributed by atoms with Gasteiger partial charge in [0.15, 0.2) is 0 Å². The van der Waals surface area contributed by atoms with E-state index in [2.05, 4.69) is 31.3 Å². The van der Waals surface area contributed by atoms with E-state index in [4.69, 9.17) is 4.74 Å². The molecule has 0 aromatic heterocycles. The Morgan fingerprint density at radius 2 is 1.95 bits per heavy atom. The van der Waals surface area contributed by atoms with Gasteiger partial charge in [-0.25, -0.2) is 4.39 Å². The van der Waals surface area contributed by atoms with Gasteiger partial charge < -0.3 is 10.1 Å². The van der Waals surface area contributed by atoms with Gasteiger partial charge in [-0.05, 0) is 44.0 Å². The van der Waals surface area contributed by atoms with Crippen LogP contribution in [0.1, 0.15) is 31.0 Å². The molecule has 0 aliphatic heterocycles. The fraction of sp³-hybridized carbons (Fsp3) is 0.294. The van der Waals surface area contributed by atoms with Crippen molar-refractivity contribution in [2.75, 3.05) is 11.9 Å². The number of hydrogen-bond donors (Lipinski definition) is 1. The van der Waals surface area contributed by atoms with Gasteiger partial charge in [-0.15, -0.1) is 0 Å². The van der Waals surface area contributed by atoms with Crippen LogP contribution in [0.15, 0.2) is 42.5 Å². The SMILES string of the molecule is CCOc1cc(F)ccc1NC(C)c1ccccc1C. The number of halogens is 1. The summed E-state index contributed by atoms with van der Waals surface area (Å²) in [7, 11) is 0. The third kappa shape index (κ3) is 3.29. The minimum Gasteiger partial charge on any atom is -0.492 e. The van der Waals surface area contributed by atoms with Gasteiger partial charge >= 0.3 is 0 Å².